The zero-order valence-electron chi connectivity index (χ0n) is 16.7. The Hall–Kier alpha value is -1.29. The molecule has 2 rings (SSSR count). The van der Waals surface area contributed by atoms with E-state index in [0.29, 0.717) is 23.8 Å². The summed E-state index contributed by atoms with van der Waals surface area (Å²) in [5.41, 5.74) is 1.53. The molecule has 0 saturated carbocycles. The molecule has 1 aromatic rings. The van der Waals surface area contributed by atoms with E-state index >= 15 is 0 Å². The number of hydrogen-bond donors (Lipinski definition) is 2. The standard InChI is InChI=1S/C20H31N3O3S.HI/c1-3-21-20(22-14-13-17-7-5-4-6-8-17)23-15-16-26-18-9-11-19(12-10-18)27(2,24)25;/h7,9-12H,3-6,8,13-16H2,1-2H3,(H2,21,22,23);1H. The molecule has 1 aliphatic carbocycles. The number of ether oxygens (including phenoxy) is 1. The lowest BCUT2D eigenvalue weighted by atomic mass is 9.97. The minimum absolute atomic E-state index is 0. The second kappa shape index (κ2) is 13.0. The van der Waals surface area contributed by atoms with E-state index in [4.69, 9.17) is 4.74 Å². The van der Waals surface area contributed by atoms with Gasteiger partial charge in [-0.25, -0.2) is 8.42 Å². The Labute approximate surface area is 186 Å². The largest absolute Gasteiger partial charge is 0.492 e. The molecule has 0 spiro atoms. The van der Waals surface area contributed by atoms with E-state index in [9.17, 15) is 8.42 Å². The highest BCUT2D eigenvalue weighted by molar-refractivity contribution is 14.0. The van der Waals surface area contributed by atoms with E-state index in [2.05, 4.69) is 21.7 Å². The smallest absolute Gasteiger partial charge is 0.191 e. The maximum atomic E-state index is 11.5. The second-order valence-corrected chi connectivity index (χ2v) is 8.65. The first-order valence-electron chi connectivity index (χ1n) is 9.62. The average Bonchev–Trinajstić information content (AvgIpc) is 2.65. The van der Waals surface area contributed by atoms with Crippen molar-refractivity contribution in [1.29, 1.82) is 0 Å². The van der Waals surface area contributed by atoms with Crippen molar-refractivity contribution >= 4 is 39.8 Å². The molecule has 0 radical (unpaired) electrons. The number of guanidine groups is 1. The minimum atomic E-state index is -3.18. The third-order valence-corrected chi connectivity index (χ3v) is 5.48. The van der Waals surface area contributed by atoms with Crippen molar-refractivity contribution in [3.63, 3.8) is 0 Å². The number of hydrogen-bond acceptors (Lipinski definition) is 4. The lowest BCUT2D eigenvalue weighted by Gasteiger charge is -2.14. The Morgan fingerprint density at radius 2 is 1.93 bits per heavy atom. The van der Waals surface area contributed by atoms with Crippen LogP contribution in [0.4, 0.5) is 0 Å². The van der Waals surface area contributed by atoms with Crippen LogP contribution in [0, 0.1) is 0 Å². The molecule has 0 unspecified atom stereocenters. The lowest BCUT2D eigenvalue weighted by Crippen LogP contribution is -2.39. The summed E-state index contributed by atoms with van der Waals surface area (Å²) in [6.07, 6.45) is 9.62. The quantitative estimate of drug-likeness (QED) is 0.171. The minimum Gasteiger partial charge on any atom is -0.492 e. The molecule has 0 aliphatic heterocycles. The molecule has 2 N–H and O–H groups in total. The number of aliphatic imine (C=N–C) groups is 1. The molecule has 0 bridgehead atoms. The molecule has 0 atom stereocenters. The van der Waals surface area contributed by atoms with Gasteiger partial charge in [-0.2, -0.15) is 0 Å². The molecule has 0 aromatic heterocycles. The summed E-state index contributed by atoms with van der Waals surface area (Å²) in [6.45, 7) is 4.72. The van der Waals surface area contributed by atoms with Crippen LogP contribution in [0.15, 0.2) is 45.8 Å². The highest BCUT2D eigenvalue weighted by Gasteiger charge is 2.06. The maximum Gasteiger partial charge on any atom is 0.191 e. The lowest BCUT2D eigenvalue weighted by molar-refractivity contribution is 0.321. The fourth-order valence-electron chi connectivity index (χ4n) is 2.91. The van der Waals surface area contributed by atoms with Gasteiger partial charge in [0.2, 0.25) is 0 Å². The van der Waals surface area contributed by atoms with Gasteiger partial charge in [0.05, 0.1) is 11.4 Å². The van der Waals surface area contributed by atoms with Crippen molar-refractivity contribution in [2.24, 2.45) is 4.99 Å². The first kappa shape index (κ1) is 24.7. The Balaban J connectivity index is 0.00000392. The number of nitrogens with one attached hydrogen (secondary N) is 2. The number of benzene rings is 1. The SMILES string of the molecule is CCNC(=NCCC1=CCCCC1)NCCOc1ccc(S(C)(=O)=O)cc1.I. The highest BCUT2D eigenvalue weighted by Crippen LogP contribution is 2.19. The van der Waals surface area contributed by atoms with Gasteiger partial charge in [-0.3, -0.25) is 4.99 Å². The van der Waals surface area contributed by atoms with Gasteiger partial charge in [-0.1, -0.05) is 11.6 Å². The van der Waals surface area contributed by atoms with Crippen LogP contribution in [0.2, 0.25) is 0 Å². The molecular weight excluding hydrogens is 489 g/mol. The monoisotopic (exact) mass is 521 g/mol. The highest BCUT2D eigenvalue weighted by atomic mass is 127. The van der Waals surface area contributed by atoms with Crippen LogP contribution in [0.1, 0.15) is 39.0 Å². The normalized spacial score (nSPS) is 14.6. The molecule has 0 heterocycles. The summed E-state index contributed by atoms with van der Waals surface area (Å²) >= 11 is 0. The van der Waals surface area contributed by atoms with Gasteiger partial charge in [0.1, 0.15) is 12.4 Å². The number of allylic oxidation sites excluding steroid dienone is 1. The third-order valence-electron chi connectivity index (χ3n) is 4.35. The summed E-state index contributed by atoms with van der Waals surface area (Å²) in [6, 6.07) is 6.47. The van der Waals surface area contributed by atoms with E-state index in [-0.39, 0.29) is 24.0 Å². The predicted octanol–water partition coefficient (Wildman–Crippen LogP) is 3.53. The first-order valence-corrected chi connectivity index (χ1v) is 11.5. The molecule has 1 aromatic carbocycles. The van der Waals surface area contributed by atoms with Crippen molar-refractivity contribution in [3.05, 3.63) is 35.9 Å². The van der Waals surface area contributed by atoms with E-state index in [1.807, 2.05) is 6.92 Å². The predicted molar refractivity (Wildman–Crippen MR) is 126 cm³/mol. The van der Waals surface area contributed by atoms with Crippen LogP contribution in [-0.2, 0) is 9.84 Å². The second-order valence-electron chi connectivity index (χ2n) is 6.64. The van der Waals surface area contributed by atoms with Crippen molar-refractivity contribution in [3.8, 4) is 5.75 Å². The van der Waals surface area contributed by atoms with Gasteiger partial charge in [0.25, 0.3) is 0 Å². The van der Waals surface area contributed by atoms with Gasteiger partial charge in [0, 0.05) is 19.3 Å². The van der Waals surface area contributed by atoms with E-state index in [1.165, 1.54) is 37.5 Å². The number of rotatable bonds is 9. The van der Waals surface area contributed by atoms with Crippen molar-refractivity contribution in [2.75, 3.05) is 32.5 Å². The van der Waals surface area contributed by atoms with Crippen LogP contribution >= 0.6 is 24.0 Å². The number of nitrogens with zero attached hydrogens (tertiary/aromatic N) is 1. The van der Waals surface area contributed by atoms with Crippen LogP contribution in [-0.4, -0.2) is 46.9 Å². The molecule has 0 saturated heterocycles. The molecule has 28 heavy (non-hydrogen) atoms. The van der Waals surface area contributed by atoms with Crippen LogP contribution in [0.3, 0.4) is 0 Å². The summed E-state index contributed by atoms with van der Waals surface area (Å²) in [5, 5.41) is 6.50. The van der Waals surface area contributed by atoms with Gasteiger partial charge in [-0.15, -0.1) is 24.0 Å². The summed E-state index contributed by atoms with van der Waals surface area (Å²) < 4.78 is 28.6. The first-order chi connectivity index (χ1) is 13.0. The van der Waals surface area contributed by atoms with E-state index in [0.717, 1.165) is 25.5 Å². The Morgan fingerprint density at radius 1 is 1.18 bits per heavy atom. The van der Waals surface area contributed by atoms with Crippen molar-refractivity contribution in [1.82, 2.24) is 10.6 Å². The molecule has 8 heteroatoms. The number of sulfone groups is 1. The Morgan fingerprint density at radius 3 is 2.54 bits per heavy atom. The molecule has 158 valence electrons. The molecule has 0 amide bonds. The van der Waals surface area contributed by atoms with Crippen molar-refractivity contribution in [2.45, 2.75) is 43.9 Å². The summed E-state index contributed by atoms with van der Waals surface area (Å²) in [4.78, 5) is 4.92. The van der Waals surface area contributed by atoms with Gasteiger partial charge in [-0.05, 0) is 63.3 Å². The van der Waals surface area contributed by atoms with Crippen LogP contribution in [0.5, 0.6) is 5.75 Å². The van der Waals surface area contributed by atoms with Gasteiger partial charge < -0.3 is 15.4 Å². The third kappa shape index (κ3) is 9.27. The van der Waals surface area contributed by atoms with Crippen molar-refractivity contribution < 1.29 is 13.2 Å². The average molecular weight is 521 g/mol. The van der Waals surface area contributed by atoms with Crippen LogP contribution < -0.4 is 15.4 Å². The topological polar surface area (TPSA) is 79.8 Å². The Bertz CT molecular complexity index is 746. The molecule has 6 nitrogen and oxygen atoms in total. The summed E-state index contributed by atoms with van der Waals surface area (Å²) in [5.74, 6) is 1.44. The summed E-state index contributed by atoms with van der Waals surface area (Å²) in [7, 11) is -3.18. The Kier molecular flexibility index (Phi) is 11.5. The fraction of sp³-hybridized carbons (Fsp3) is 0.550. The number of halogens is 1. The van der Waals surface area contributed by atoms with E-state index in [1.54, 1.807) is 24.3 Å². The van der Waals surface area contributed by atoms with E-state index < -0.39 is 9.84 Å². The maximum absolute atomic E-state index is 11.5. The van der Waals surface area contributed by atoms with Gasteiger partial charge in [0.15, 0.2) is 15.8 Å². The van der Waals surface area contributed by atoms with Gasteiger partial charge >= 0.3 is 0 Å². The van der Waals surface area contributed by atoms with Crippen LogP contribution in [0.25, 0.3) is 0 Å². The zero-order chi connectivity index (χ0) is 19.5. The molecular formula is C20H32IN3O3S. The molecule has 1 aliphatic rings. The zero-order valence-corrected chi connectivity index (χ0v) is 19.9. The molecule has 0 fully saturated rings. The fourth-order valence-corrected chi connectivity index (χ4v) is 3.54.